The lowest BCUT2D eigenvalue weighted by molar-refractivity contribution is -0.139. The van der Waals surface area contributed by atoms with Crippen molar-refractivity contribution in [3.05, 3.63) is 35.4 Å². The number of nitrogens with zero attached hydrogens (tertiary/aromatic N) is 2. The van der Waals surface area contributed by atoms with Crippen molar-refractivity contribution in [3.63, 3.8) is 0 Å². The fourth-order valence-corrected chi connectivity index (χ4v) is 4.56. The van der Waals surface area contributed by atoms with Crippen molar-refractivity contribution >= 4 is 12.0 Å². The molecule has 0 unspecified atom stereocenters. The predicted octanol–water partition coefficient (Wildman–Crippen LogP) is 2.76. The SMILES string of the molecule is CCN(CC(=O)O)C1CCN(C(=O)NCC2CCc3ccccc3CC2)CC1. The average molecular weight is 388 g/mol. The van der Waals surface area contributed by atoms with Crippen molar-refractivity contribution in [2.45, 2.75) is 51.5 Å². The molecule has 0 radical (unpaired) electrons. The number of urea groups is 1. The number of hydrogen-bond acceptors (Lipinski definition) is 3. The Morgan fingerprint density at radius 3 is 2.25 bits per heavy atom. The highest BCUT2D eigenvalue weighted by Crippen LogP contribution is 2.24. The monoisotopic (exact) mass is 387 g/mol. The number of carboxylic acid groups (broad SMARTS) is 1. The minimum absolute atomic E-state index is 0.0292. The minimum Gasteiger partial charge on any atom is -0.480 e. The van der Waals surface area contributed by atoms with Gasteiger partial charge in [-0.15, -0.1) is 0 Å². The maximum absolute atomic E-state index is 12.6. The molecule has 1 aliphatic heterocycles. The number of carboxylic acids is 1. The normalized spacial score (nSPS) is 18.6. The van der Waals surface area contributed by atoms with Crippen LogP contribution in [0.4, 0.5) is 4.79 Å². The van der Waals surface area contributed by atoms with E-state index in [0.717, 1.165) is 51.6 Å². The zero-order valence-corrected chi connectivity index (χ0v) is 16.9. The van der Waals surface area contributed by atoms with Crippen LogP contribution < -0.4 is 5.32 Å². The molecule has 0 atom stereocenters. The number of nitrogens with one attached hydrogen (secondary N) is 1. The summed E-state index contributed by atoms with van der Waals surface area (Å²) in [7, 11) is 0. The molecule has 154 valence electrons. The van der Waals surface area contributed by atoms with Crippen LogP contribution in [0.3, 0.4) is 0 Å². The van der Waals surface area contributed by atoms with Gasteiger partial charge in [-0.3, -0.25) is 9.69 Å². The molecule has 1 aromatic carbocycles. The number of benzene rings is 1. The van der Waals surface area contributed by atoms with Gasteiger partial charge in [0.1, 0.15) is 0 Å². The van der Waals surface area contributed by atoms with Crippen LogP contribution in [0.15, 0.2) is 24.3 Å². The predicted molar refractivity (Wildman–Crippen MR) is 109 cm³/mol. The maximum Gasteiger partial charge on any atom is 0.317 e. The molecule has 0 spiro atoms. The fraction of sp³-hybridized carbons (Fsp3) is 0.636. The molecular formula is C22H33N3O3. The smallest absolute Gasteiger partial charge is 0.317 e. The molecule has 1 heterocycles. The largest absolute Gasteiger partial charge is 0.480 e. The van der Waals surface area contributed by atoms with E-state index in [2.05, 4.69) is 29.6 Å². The number of fused-ring (bicyclic) bond motifs is 1. The molecule has 1 fully saturated rings. The zero-order chi connectivity index (χ0) is 19.9. The first-order valence-electron chi connectivity index (χ1n) is 10.6. The standard InChI is InChI=1S/C22H33N3O3/c1-2-24(16-21(26)27)20-11-13-25(14-12-20)22(28)23-15-17-7-9-18-5-3-4-6-19(18)10-8-17/h3-6,17,20H,2,7-16H2,1H3,(H,23,28)(H,26,27). The van der Waals surface area contributed by atoms with Gasteiger partial charge in [0.2, 0.25) is 0 Å². The van der Waals surface area contributed by atoms with Crippen LogP contribution in [0.2, 0.25) is 0 Å². The van der Waals surface area contributed by atoms with Gasteiger partial charge in [-0.2, -0.15) is 0 Å². The average Bonchev–Trinajstić information content (AvgIpc) is 2.92. The van der Waals surface area contributed by atoms with Gasteiger partial charge < -0.3 is 15.3 Å². The Morgan fingerprint density at radius 1 is 1.11 bits per heavy atom. The summed E-state index contributed by atoms with van der Waals surface area (Å²) >= 11 is 0. The van der Waals surface area contributed by atoms with E-state index >= 15 is 0 Å². The van der Waals surface area contributed by atoms with Gasteiger partial charge in [-0.05, 0) is 62.1 Å². The second kappa shape index (κ2) is 9.92. The Kier molecular flexibility index (Phi) is 7.31. The molecule has 1 saturated heterocycles. The van der Waals surface area contributed by atoms with Crippen molar-refractivity contribution in [1.29, 1.82) is 0 Å². The maximum atomic E-state index is 12.6. The zero-order valence-electron chi connectivity index (χ0n) is 16.9. The summed E-state index contributed by atoms with van der Waals surface area (Å²) in [6, 6.07) is 8.96. The lowest BCUT2D eigenvalue weighted by Crippen LogP contribution is -2.50. The molecule has 1 aromatic rings. The molecular weight excluding hydrogens is 354 g/mol. The van der Waals surface area contributed by atoms with Crippen LogP contribution in [0, 0.1) is 5.92 Å². The molecule has 3 rings (SSSR count). The summed E-state index contributed by atoms with van der Waals surface area (Å²) in [5, 5.41) is 12.2. The summed E-state index contributed by atoms with van der Waals surface area (Å²) in [6.07, 6.45) is 6.12. The van der Waals surface area contributed by atoms with Crippen LogP contribution in [-0.4, -0.2) is 65.7 Å². The number of rotatable bonds is 6. The summed E-state index contributed by atoms with van der Waals surface area (Å²) < 4.78 is 0. The van der Waals surface area contributed by atoms with E-state index < -0.39 is 5.97 Å². The second-order valence-electron chi connectivity index (χ2n) is 8.07. The molecule has 2 aliphatic rings. The van der Waals surface area contributed by atoms with E-state index in [9.17, 15) is 9.59 Å². The molecule has 6 heteroatoms. The van der Waals surface area contributed by atoms with E-state index in [4.69, 9.17) is 5.11 Å². The number of carbonyl (C=O) groups excluding carboxylic acids is 1. The quantitative estimate of drug-likeness (QED) is 0.736. The fourth-order valence-electron chi connectivity index (χ4n) is 4.56. The van der Waals surface area contributed by atoms with Gasteiger partial charge in [0.15, 0.2) is 0 Å². The Bertz CT molecular complexity index is 644. The van der Waals surface area contributed by atoms with Crippen molar-refractivity contribution < 1.29 is 14.7 Å². The van der Waals surface area contributed by atoms with Crippen molar-refractivity contribution in [3.8, 4) is 0 Å². The van der Waals surface area contributed by atoms with E-state index in [1.165, 1.54) is 11.1 Å². The molecule has 2 N–H and O–H groups in total. The van der Waals surface area contributed by atoms with Gasteiger partial charge in [-0.25, -0.2) is 4.79 Å². The molecule has 6 nitrogen and oxygen atoms in total. The number of aryl methyl sites for hydroxylation is 2. The highest BCUT2D eigenvalue weighted by Gasteiger charge is 2.27. The van der Waals surface area contributed by atoms with Crippen LogP contribution in [-0.2, 0) is 17.6 Å². The lowest BCUT2D eigenvalue weighted by atomic mass is 9.99. The molecule has 2 amide bonds. The first kappa shape index (κ1) is 20.6. The first-order chi connectivity index (χ1) is 13.6. The summed E-state index contributed by atoms with van der Waals surface area (Å²) in [5.74, 6) is -0.257. The third kappa shape index (κ3) is 5.47. The first-order valence-corrected chi connectivity index (χ1v) is 10.6. The molecule has 28 heavy (non-hydrogen) atoms. The third-order valence-corrected chi connectivity index (χ3v) is 6.32. The molecule has 1 aliphatic carbocycles. The number of amides is 2. The van der Waals surface area contributed by atoms with Crippen molar-refractivity contribution in [2.75, 3.05) is 32.7 Å². The summed E-state index contributed by atoms with van der Waals surface area (Å²) in [6.45, 7) is 4.94. The topological polar surface area (TPSA) is 72.9 Å². The van der Waals surface area contributed by atoms with Gasteiger partial charge >= 0.3 is 12.0 Å². The van der Waals surface area contributed by atoms with Gasteiger partial charge in [0, 0.05) is 25.7 Å². The van der Waals surface area contributed by atoms with Crippen LogP contribution in [0.25, 0.3) is 0 Å². The Balaban J connectivity index is 1.41. The van der Waals surface area contributed by atoms with Gasteiger partial charge in [0.25, 0.3) is 0 Å². The van der Waals surface area contributed by atoms with Crippen LogP contribution in [0.1, 0.15) is 43.7 Å². The van der Waals surface area contributed by atoms with E-state index in [1.807, 2.05) is 16.7 Å². The number of likely N-dealkylation sites (N-methyl/N-ethyl adjacent to an activating group) is 1. The highest BCUT2D eigenvalue weighted by molar-refractivity contribution is 5.74. The number of likely N-dealkylation sites (tertiary alicyclic amines) is 1. The van der Waals surface area contributed by atoms with E-state index in [-0.39, 0.29) is 18.6 Å². The summed E-state index contributed by atoms with van der Waals surface area (Å²) in [5.41, 5.74) is 2.92. The third-order valence-electron chi connectivity index (χ3n) is 6.32. The van der Waals surface area contributed by atoms with Crippen molar-refractivity contribution in [1.82, 2.24) is 15.1 Å². The molecule has 0 saturated carbocycles. The van der Waals surface area contributed by atoms with Crippen molar-refractivity contribution in [2.24, 2.45) is 5.92 Å². The second-order valence-corrected chi connectivity index (χ2v) is 8.07. The summed E-state index contributed by atoms with van der Waals surface area (Å²) in [4.78, 5) is 27.5. The molecule has 0 aromatic heterocycles. The Labute approximate surface area is 167 Å². The number of carbonyl (C=O) groups is 2. The number of aliphatic carboxylic acids is 1. The molecule has 0 bridgehead atoms. The highest BCUT2D eigenvalue weighted by atomic mass is 16.4. The minimum atomic E-state index is -0.785. The van der Waals surface area contributed by atoms with Gasteiger partial charge in [0.05, 0.1) is 6.54 Å². The lowest BCUT2D eigenvalue weighted by Gasteiger charge is -2.37. The Morgan fingerprint density at radius 2 is 1.71 bits per heavy atom. The number of hydrogen-bond donors (Lipinski definition) is 2. The number of piperidine rings is 1. The van der Waals surface area contributed by atoms with Gasteiger partial charge in [-0.1, -0.05) is 31.2 Å². The van der Waals surface area contributed by atoms with E-state index in [0.29, 0.717) is 19.0 Å². The van der Waals surface area contributed by atoms with Crippen LogP contribution >= 0.6 is 0 Å². The Hall–Kier alpha value is -2.08. The van der Waals surface area contributed by atoms with E-state index in [1.54, 1.807) is 0 Å². The van der Waals surface area contributed by atoms with Crippen LogP contribution in [0.5, 0.6) is 0 Å².